The van der Waals surface area contributed by atoms with Gasteiger partial charge >= 0.3 is 5.97 Å². The van der Waals surface area contributed by atoms with Gasteiger partial charge in [-0.05, 0) is 48.2 Å². The third-order valence-electron chi connectivity index (χ3n) is 5.21. The van der Waals surface area contributed by atoms with Crippen LogP contribution in [0, 0.1) is 5.92 Å². The molecule has 1 heterocycles. The van der Waals surface area contributed by atoms with E-state index in [1.165, 1.54) is 7.11 Å². The molecule has 0 saturated heterocycles. The zero-order valence-corrected chi connectivity index (χ0v) is 21.8. The number of carbonyl (C=O) groups is 2. The smallest absolute Gasteiger partial charge is 0.328 e. The Morgan fingerprint density at radius 3 is 2.25 bits per heavy atom. The minimum Gasteiger partial charge on any atom is -0.467 e. The fourth-order valence-corrected chi connectivity index (χ4v) is 4.07. The van der Waals surface area contributed by atoms with Crippen molar-refractivity contribution in [3.05, 3.63) is 88.2 Å². The van der Waals surface area contributed by atoms with Crippen LogP contribution in [0.3, 0.4) is 0 Å². The first-order chi connectivity index (χ1) is 17.3. The first-order valence-corrected chi connectivity index (χ1v) is 12.2. The molecule has 7 nitrogen and oxygen atoms in total. The number of nitrogens with zero attached hydrogens (tertiary/aromatic N) is 3. The highest BCUT2D eigenvalue weighted by molar-refractivity contribution is 6.39. The van der Waals surface area contributed by atoms with Crippen LogP contribution in [-0.4, -0.2) is 41.5 Å². The molecule has 3 aromatic rings. The van der Waals surface area contributed by atoms with Gasteiger partial charge in [-0.25, -0.2) is 14.8 Å². The Kier molecular flexibility index (Phi) is 9.85. The number of nitrogens with one attached hydrogen (secondary N) is 1. The molecule has 1 N–H and O–H groups in total. The van der Waals surface area contributed by atoms with E-state index in [9.17, 15) is 9.59 Å². The summed E-state index contributed by atoms with van der Waals surface area (Å²) >= 11 is 12.2. The second kappa shape index (κ2) is 13.0. The molecule has 2 aromatic carbocycles. The second-order valence-corrected chi connectivity index (χ2v) is 9.24. The summed E-state index contributed by atoms with van der Waals surface area (Å²) in [5, 5.41) is 3.06. The summed E-state index contributed by atoms with van der Waals surface area (Å²) in [5.41, 5.74) is 2.02. The lowest BCUT2D eigenvalue weighted by Crippen LogP contribution is -2.41. The van der Waals surface area contributed by atoms with Crippen molar-refractivity contribution in [2.24, 2.45) is 5.92 Å². The lowest BCUT2D eigenvalue weighted by Gasteiger charge is -2.24. The molecule has 0 fully saturated rings. The Bertz CT molecular complexity index is 1180. The summed E-state index contributed by atoms with van der Waals surface area (Å²) < 4.78 is 4.86. The fraction of sp³-hybridized carbons (Fsp3) is 0.259. The number of benzene rings is 2. The monoisotopic (exact) mass is 526 g/mol. The lowest BCUT2D eigenvalue weighted by molar-refractivity contribution is -0.142. The number of aromatic nitrogens is 2. The molecular formula is C27H28Cl2N4O3. The molecule has 9 heteroatoms. The maximum atomic E-state index is 12.7. The normalized spacial score (nSPS) is 11.9. The van der Waals surface area contributed by atoms with E-state index in [2.05, 4.69) is 34.0 Å². The average Bonchev–Trinajstić information content (AvgIpc) is 2.87. The van der Waals surface area contributed by atoms with E-state index in [4.69, 9.17) is 27.9 Å². The van der Waals surface area contributed by atoms with Crippen molar-refractivity contribution in [3.8, 4) is 0 Å². The van der Waals surface area contributed by atoms with E-state index in [0.717, 1.165) is 17.8 Å². The third kappa shape index (κ3) is 7.29. The van der Waals surface area contributed by atoms with Gasteiger partial charge in [-0.1, -0.05) is 67.4 Å². The Labute approximate surface area is 221 Å². The predicted molar refractivity (Wildman–Crippen MR) is 144 cm³/mol. The summed E-state index contributed by atoms with van der Waals surface area (Å²) in [6.45, 7) is 5.06. The minimum absolute atomic E-state index is 0.114. The van der Waals surface area contributed by atoms with Crippen LogP contribution < -0.4 is 10.2 Å². The van der Waals surface area contributed by atoms with Crippen LogP contribution in [0.2, 0.25) is 10.0 Å². The summed E-state index contributed by atoms with van der Waals surface area (Å²) in [5.74, 6) is -0.0601. The number of esters is 1. The van der Waals surface area contributed by atoms with Crippen molar-refractivity contribution >= 4 is 52.8 Å². The van der Waals surface area contributed by atoms with Gasteiger partial charge in [0.2, 0.25) is 5.95 Å². The largest absolute Gasteiger partial charge is 0.467 e. The number of hydrogen-bond acceptors (Lipinski definition) is 6. The van der Waals surface area contributed by atoms with E-state index < -0.39 is 17.9 Å². The van der Waals surface area contributed by atoms with E-state index in [1.807, 2.05) is 30.3 Å². The predicted octanol–water partition coefficient (Wildman–Crippen LogP) is 5.95. The summed E-state index contributed by atoms with van der Waals surface area (Å²) in [6.07, 6.45) is 7.35. The molecule has 0 aliphatic carbocycles. The molecule has 0 aliphatic heterocycles. The number of hydrogen-bond donors (Lipinski definition) is 1. The molecule has 1 aromatic heterocycles. The van der Waals surface area contributed by atoms with Gasteiger partial charge in [-0.3, -0.25) is 4.79 Å². The van der Waals surface area contributed by atoms with Crippen LogP contribution in [0.1, 0.15) is 36.2 Å². The molecule has 0 bridgehead atoms. The van der Waals surface area contributed by atoms with Crippen molar-refractivity contribution in [2.45, 2.75) is 26.3 Å². The zero-order valence-electron chi connectivity index (χ0n) is 20.3. The molecule has 1 unspecified atom stereocenters. The van der Waals surface area contributed by atoms with Crippen LogP contribution in [0.4, 0.5) is 11.6 Å². The van der Waals surface area contributed by atoms with Crippen LogP contribution in [-0.2, 0) is 9.53 Å². The highest BCUT2D eigenvalue weighted by Crippen LogP contribution is 2.25. The molecular weight excluding hydrogens is 499 g/mol. The lowest BCUT2D eigenvalue weighted by atomic mass is 10.1. The number of amides is 1. The summed E-state index contributed by atoms with van der Waals surface area (Å²) in [6, 6.07) is 13.6. The van der Waals surface area contributed by atoms with Gasteiger partial charge in [0.15, 0.2) is 0 Å². The molecule has 188 valence electrons. The standard InChI is InChI=1S/C27H28Cl2N4O3/c1-18(2)17-33(27-30-15-6-16-31-27)20-13-11-19(12-14-20)7-4-10-23(26(35)36-3)32-25(34)24-21(28)8-5-9-22(24)29/h4-9,11-16,18,23H,10,17H2,1-3H3,(H,32,34). The van der Waals surface area contributed by atoms with Gasteiger partial charge < -0.3 is 15.0 Å². The highest BCUT2D eigenvalue weighted by Gasteiger charge is 2.23. The van der Waals surface area contributed by atoms with Crippen molar-refractivity contribution in [1.82, 2.24) is 15.3 Å². The van der Waals surface area contributed by atoms with E-state index in [1.54, 1.807) is 42.7 Å². The molecule has 0 saturated carbocycles. The molecule has 3 rings (SSSR count). The number of methoxy groups -OCH3 is 1. The summed E-state index contributed by atoms with van der Waals surface area (Å²) in [4.78, 5) is 35.8. The van der Waals surface area contributed by atoms with E-state index in [0.29, 0.717) is 11.9 Å². The van der Waals surface area contributed by atoms with Crippen LogP contribution in [0.25, 0.3) is 6.08 Å². The fourth-order valence-electron chi connectivity index (χ4n) is 3.51. The molecule has 0 radical (unpaired) electrons. The Hall–Kier alpha value is -3.42. The number of halogens is 2. The van der Waals surface area contributed by atoms with Gasteiger partial charge in [-0.2, -0.15) is 0 Å². The number of carbonyl (C=O) groups excluding carboxylic acids is 2. The van der Waals surface area contributed by atoms with Gasteiger partial charge in [0, 0.05) is 24.6 Å². The number of rotatable bonds is 10. The Balaban J connectivity index is 1.71. The topological polar surface area (TPSA) is 84.4 Å². The summed E-state index contributed by atoms with van der Waals surface area (Å²) in [7, 11) is 1.27. The zero-order chi connectivity index (χ0) is 26.1. The maximum absolute atomic E-state index is 12.7. The molecule has 36 heavy (non-hydrogen) atoms. The van der Waals surface area contributed by atoms with Gasteiger partial charge in [0.1, 0.15) is 6.04 Å². The van der Waals surface area contributed by atoms with Gasteiger partial charge in [0.05, 0.1) is 22.7 Å². The SMILES string of the molecule is COC(=O)C(CC=Cc1ccc(N(CC(C)C)c2ncccn2)cc1)NC(=O)c1c(Cl)cccc1Cl. The quantitative estimate of drug-likeness (QED) is 0.328. The number of ether oxygens (including phenoxy) is 1. The first-order valence-electron chi connectivity index (χ1n) is 11.4. The number of anilines is 2. The molecule has 1 amide bonds. The van der Waals surface area contributed by atoms with Gasteiger partial charge in [-0.15, -0.1) is 0 Å². The van der Waals surface area contributed by atoms with Gasteiger partial charge in [0.25, 0.3) is 5.91 Å². The van der Waals surface area contributed by atoms with Crippen LogP contribution in [0.15, 0.2) is 67.0 Å². The molecule has 0 aliphatic rings. The second-order valence-electron chi connectivity index (χ2n) is 8.43. The molecule has 1 atom stereocenters. The average molecular weight is 527 g/mol. The van der Waals surface area contributed by atoms with Crippen molar-refractivity contribution in [3.63, 3.8) is 0 Å². The van der Waals surface area contributed by atoms with Crippen LogP contribution in [0.5, 0.6) is 0 Å². The van der Waals surface area contributed by atoms with Crippen molar-refractivity contribution < 1.29 is 14.3 Å². The first kappa shape index (κ1) is 27.2. The Morgan fingerprint density at radius 2 is 1.67 bits per heavy atom. The minimum atomic E-state index is -0.901. The van der Waals surface area contributed by atoms with E-state index in [-0.39, 0.29) is 22.0 Å². The van der Waals surface area contributed by atoms with Crippen LogP contribution >= 0.6 is 23.2 Å². The van der Waals surface area contributed by atoms with Crippen molar-refractivity contribution in [1.29, 1.82) is 0 Å². The van der Waals surface area contributed by atoms with E-state index >= 15 is 0 Å². The maximum Gasteiger partial charge on any atom is 0.328 e. The Morgan fingerprint density at radius 1 is 1.03 bits per heavy atom. The highest BCUT2D eigenvalue weighted by atomic mass is 35.5. The van der Waals surface area contributed by atoms with Crippen molar-refractivity contribution in [2.75, 3.05) is 18.6 Å². The molecule has 0 spiro atoms. The third-order valence-corrected chi connectivity index (χ3v) is 5.84.